The lowest BCUT2D eigenvalue weighted by Gasteiger charge is -2.13. The number of aromatic nitrogens is 1. The first-order chi connectivity index (χ1) is 14.5. The molecule has 0 radical (unpaired) electrons. The standard InChI is InChI=1S/C21H16BrCl2N3O3/c1-29-19-8-15(11-26-27-21(28)13-4-6-25-7-5-13)17(22)10-20(19)30-12-14-2-3-16(23)9-18(14)24/h2-11H,12H2,1H3,(H,27,28)/b26-11+. The Balaban J connectivity index is 1.71. The van der Waals surface area contributed by atoms with Crippen LogP contribution in [0, 0.1) is 0 Å². The molecule has 3 rings (SSSR count). The highest BCUT2D eigenvalue weighted by Gasteiger charge is 2.11. The molecule has 1 heterocycles. The zero-order valence-corrected chi connectivity index (χ0v) is 18.8. The zero-order valence-electron chi connectivity index (χ0n) is 15.7. The van der Waals surface area contributed by atoms with Crippen LogP contribution < -0.4 is 14.9 Å². The molecule has 0 bridgehead atoms. The molecule has 2 aromatic carbocycles. The molecule has 154 valence electrons. The number of hydrazone groups is 1. The summed E-state index contributed by atoms with van der Waals surface area (Å²) in [4.78, 5) is 15.9. The molecule has 0 aliphatic rings. The lowest BCUT2D eigenvalue weighted by molar-refractivity contribution is 0.0955. The number of benzene rings is 2. The topological polar surface area (TPSA) is 72.8 Å². The van der Waals surface area contributed by atoms with Crippen LogP contribution in [0.2, 0.25) is 10.0 Å². The fraction of sp³-hybridized carbons (Fsp3) is 0.0952. The summed E-state index contributed by atoms with van der Waals surface area (Å²) >= 11 is 15.6. The van der Waals surface area contributed by atoms with Crippen molar-refractivity contribution in [3.05, 3.63) is 86.1 Å². The summed E-state index contributed by atoms with van der Waals surface area (Å²) in [6, 6.07) is 11.9. The number of halogens is 3. The van der Waals surface area contributed by atoms with E-state index in [1.54, 1.807) is 42.5 Å². The minimum Gasteiger partial charge on any atom is -0.493 e. The monoisotopic (exact) mass is 507 g/mol. The average molecular weight is 509 g/mol. The smallest absolute Gasteiger partial charge is 0.271 e. The third-order valence-electron chi connectivity index (χ3n) is 3.99. The first-order valence-corrected chi connectivity index (χ1v) is 10.2. The number of rotatable bonds is 7. The Bertz CT molecular complexity index is 1080. The Morgan fingerprint density at radius 1 is 1.17 bits per heavy atom. The van der Waals surface area contributed by atoms with Gasteiger partial charge in [-0.25, -0.2) is 5.43 Å². The first-order valence-electron chi connectivity index (χ1n) is 8.65. The van der Waals surface area contributed by atoms with Gasteiger partial charge in [0.15, 0.2) is 11.5 Å². The molecule has 0 atom stereocenters. The van der Waals surface area contributed by atoms with E-state index in [0.717, 1.165) is 5.56 Å². The Kier molecular flexibility index (Phi) is 7.68. The third-order valence-corrected chi connectivity index (χ3v) is 5.27. The van der Waals surface area contributed by atoms with Gasteiger partial charge in [-0.2, -0.15) is 5.10 Å². The van der Waals surface area contributed by atoms with Gasteiger partial charge >= 0.3 is 0 Å². The van der Waals surface area contributed by atoms with Crippen molar-refractivity contribution in [1.82, 2.24) is 10.4 Å². The Labute approximate surface area is 192 Å². The van der Waals surface area contributed by atoms with E-state index in [0.29, 0.717) is 37.1 Å². The Hall–Kier alpha value is -2.61. The molecule has 0 fully saturated rings. The average Bonchev–Trinajstić information content (AvgIpc) is 2.75. The summed E-state index contributed by atoms with van der Waals surface area (Å²) in [6.45, 7) is 0.244. The normalized spacial score (nSPS) is 10.8. The highest BCUT2D eigenvalue weighted by Crippen LogP contribution is 2.34. The third kappa shape index (κ3) is 5.72. The molecule has 0 aliphatic heterocycles. The van der Waals surface area contributed by atoms with Crippen molar-refractivity contribution in [3.63, 3.8) is 0 Å². The number of nitrogens with zero attached hydrogens (tertiary/aromatic N) is 2. The second-order valence-electron chi connectivity index (χ2n) is 5.98. The molecule has 0 spiro atoms. The minimum atomic E-state index is -0.337. The van der Waals surface area contributed by atoms with Crippen molar-refractivity contribution in [2.24, 2.45) is 5.10 Å². The van der Waals surface area contributed by atoms with Crippen molar-refractivity contribution in [1.29, 1.82) is 0 Å². The SMILES string of the molecule is COc1cc(/C=N/NC(=O)c2ccncc2)c(Br)cc1OCc1ccc(Cl)cc1Cl. The molecule has 0 saturated heterocycles. The van der Waals surface area contributed by atoms with Crippen molar-refractivity contribution < 1.29 is 14.3 Å². The predicted molar refractivity (Wildman–Crippen MR) is 121 cm³/mol. The second-order valence-corrected chi connectivity index (χ2v) is 7.68. The van der Waals surface area contributed by atoms with Crippen LogP contribution in [0.5, 0.6) is 11.5 Å². The summed E-state index contributed by atoms with van der Waals surface area (Å²) in [7, 11) is 1.54. The molecule has 3 aromatic rings. The molecule has 6 nitrogen and oxygen atoms in total. The van der Waals surface area contributed by atoms with Gasteiger partial charge in [-0.1, -0.05) is 29.3 Å². The maximum absolute atomic E-state index is 12.0. The molecular formula is C21H16BrCl2N3O3. The van der Waals surface area contributed by atoms with E-state index in [4.69, 9.17) is 32.7 Å². The number of carbonyl (C=O) groups excluding carboxylic acids is 1. The first kappa shape index (κ1) is 22.1. The van der Waals surface area contributed by atoms with Crippen LogP contribution in [-0.4, -0.2) is 24.2 Å². The van der Waals surface area contributed by atoms with E-state index in [1.807, 2.05) is 0 Å². The maximum Gasteiger partial charge on any atom is 0.271 e. The molecule has 30 heavy (non-hydrogen) atoms. The minimum absolute atomic E-state index is 0.244. The molecule has 1 N–H and O–H groups in total. The van der Waals surface area contributed by atoms with Gasteiger partial charge in [-0.3, -0.25) is 9.78 Å². The molecule has 0 aliphatic carbocycles. The van der Waals surface area contributed by atoms with Gasteiger partial charge in [0.1, 0.15) is 6.61 Å². The van der Waals surface area contributed by atoms with Crippen molar-refractivity contribution >= 4 is 51.3 Å². The molecular weight excluding hydrogens is 493 g/mol. The molecule has 0 unspecified atom stereocenters. The van der Waals surface area contributed by atoms with Gasteiger partial charge in [0.2, 0.25) is 0 Å². The number of ether oxygens (including phenoxy) is 2. The lowest BCUT2D eigenvalue weighted by atomic mass is 10.2. The number of methoxy groups -OCH3 is 1. The number of hydrogen-bond donors (Lipinski definition) is 1. The summed E-state index contributed by atoms with van der Waals surface area (Å²) in [5.74, 6) is 0.690. The van der Waals surface area contributed by atoms with Crippen molar-refractivity contribution in [3.8, 4) is 11.5 Å². The van der Waals surface area contributed by atoms with Gasteiger partial charge in [0, 0.05) is 43.6 Å². The zero-order chi connectivity index (χ0) is 21.5. The Morgan fingerprint density at radius 3 is 2.63 bits per heavy atom. The van der Waals surface area contributed by atoms with Gasteiger partial charge in [-0.05, 0) is 52.3 Å². The van der Waals surface area contributed by atoms with E-state index in [2.05, 4.69) is 31.4 Å². The van der Waals surface area contributed by atoms with E-state index in [9.17, 15) is 4.79 Å². The Morgan fingerprint density at radius 2 is 1.93 bits per heavy atom. The van der Waals surface area contributed by atoms with Gasteiger partial charge in [0.25, 0.3) is 5.91 Å². The van der Waals surface area contributed by atoms with E-state index >= 15 is 0 Å². The number of hydrogen-bond acceptors (Lipinski definition) is 5. The molecule has 1 aromatic heterocycles. The van der Waals surface area contributed by atoms with Gasteiger partial charge < -0.3 is 9.47 Å². The van der Waals surface area contributed by atoms with E-state index in [-0.39, 0.29) is 12.5 Å². The van der Waals surface area contributed by atoms with Gasteiger partial charge in [0.05, 0.1) is 13.3 Å². The highest BCUT2D eigenvalue weighted by molar-refractivity contribution is 9.10. The summed E-state index contributed by atoms with van der Waals surface area (Å²) in [6.07, 6.45) is 4.58. The molecule has 9 heteroatoms. The largest absolute Gasteiger partial charge is 0.493 e. The summed E-state index contributed by atoms with van der Waals surface area (Å²) in [5, 5.41) is 5.08. The van der Waals surface area contributed by atoms with Crippen molar-refractivity contribution in [2.45, 2.75) is 6.61 Å². The highest BCUT2D eigenvalue weighted by atomic mass is 79.9. The van der Waals surface area contributed by atoms with Crippen LogP contribution in [0.1, 0.15) is 21.5 Å². The number of carbonyl (C=O) groups is 1. The second kappa shape index (κ2) is 10.4. The molecule has 1 amide bonds. The number of amides is 1. The quantitative estimate of drug-likeness (QED) is 0.337. The van der Waals surface area contributed by atoms with E-state index in [1.165, 1.54) is 25.7 Å². The van der Waals surface area contributed by atoms with Crippen LogP contribution in [0.15, 0.2) is 64.4 Å². The maximum atomic E-state index is 12.0. The van der Waals surface area contributed by atoms with E-state index < -0.39 is 0 Å². The fourth-order valence-corrected chi connectivity index (χ4v) is 3.33. The van der Waals surface area contributed by atoms with Crippen LogP contribution in [0.3, 0.4) is 0 Å². The number of nitrogens with one attached hydrogen (secondary N) is 1. The fourth-order valence-electron chi connectivity index (χ4n) is 2.44. The lowest BCUT2D eigenvalue weighted by Crippen LogP contribution is -2.17. The van der Waals surface area contributed by atoms with Crippen molar-refractivity contribution in [2.75, 3.05) is 7.11 Å². The summed E-state index contributed by atoms with van der Waals surface area (Å²) < 4.78 is 12.0. The van der Waals surface area contributed by atoms with Crippen LogP contribution in [0.25, 0.3) is 0 Å². The predicted octanol–water partition coefficient (Wildman–Crippen LogP) is 5.50. The van der Waals surface area contributed by atoms with Gasteiger partial charge in [-0.15, -0.1) is 0 Å². The van der Waals surface area contributed by atoms with Crippen LogP contribution in [-0.2, 0) is 6.61 Å². The molecule has 0 saturated carbocycles. The van der Waals surface area contributed by atoms with Crippen LogP contribution >= 0.6 is 39.1 Å². The van der Waals surface area contributed by atoms with Crippen LogP contribution in [0.4, 0.5) is 0 Å². The number of pyridine rings is 1. The summed E-state index contributed by atoms with van der Waals surface area (Å²) in [5.41, 5.74) is 4.42.